The maximum atomic E-state index is 12.6. The Kier molecular flexibility index (Phi) is 3.93. The highest BCUT2D eigenvalue weighted by atomic mass is 32.2. The van der Waals surface area contributed by atoms with Crippen LogP contribution in [0.15, 0.2) is 46.7 Å². The van der Waals surface area contributed by atoms with Crippen LogP contribution in [0, 0.1) is 0 Å². The van der Waals surface area contributed by atoms with Crippen LogP contribution in [0.2, 0.25) is 0 Å². The normalized spacial score (nSPS) is 11.3. The second-order valence-electron chi connectivity index (χ2n) is 3.64. The lowest BCUT2D eigenvalue weighted by molar-refractivity contribution is -0.137. The lowest BCUT2D eigenvalue weighted by Crippen LogP contribution is -2.05. The average molecular weight is 300 g/mol. The maximum Gasteiger partial charge on any atom is 0.416 e. The molecule has 0 saturated heterocycles. The summed E-state index contributed by atoms with van der Waals surface area (Å²) in [6, 6.07) is 4.46. The number of carboxylic acids is 1. The van der Waals surface area contributed by atoms with Crippen LogP contribution in [0.4, 0.5) is 13.2 Å². The van der Waals surface area contributed by atoms with E-state index in [-0.39, 0.29) is 15.6 Å². The Hall–Kier alpha value is -2.09. The van der Waals surface area contributed by atoms with E-state index in [2.05, 4.69) is 9.97 Å². The van der Waals surface area contributed by atoms with Gasteiger partial charge in [0.05, 0.1) is 11.1 Å². The van der Waals surface area contributed by atoms with Crippen LogP contribution in [0.3, 0.4) is 0 Å². The molecule has 0 saturated carbocycles. The molecule has 0 aromatic carbocycles. The SMILES string of the molecule is O=C(O)c1cccnc1Sc1cc(C(F)(F)F)ccn1. The molecule has 0 bridgehead atoms. The van der Waals surface area contributed by atoms with Crippen molar-refractivity contribution in [3.8, 4) is 0 Å². The lowest BCUT2D eigenvalue weighted by atomic mass is 10.3. The standard InChI is InChI=1S/C12H7F3N2O2S/c13-12(14,15)7-3-5-16-9(6-7)20-10-8(11(18)19)2-1-4-17-10/h1-6H,(H,18,19). The molecule has 2 aromatic rings. The third-order valence-corrected chi connectivity index (χ3v) is 3.22. The fourth-order valence-electron chi connectivity index (χ4n) is 1.38. The minimum atomic E-state index is -4.47. The highest BCUT2D eigenvalue weighted by molar-refractivity contribution is 7.99. The van der Waals surface area contributed by atoms with Gasteiger partial charge in [-0.15, -0.1) is 0 Å². The number of carbonyl (C=O) groups is 1. The molecule has 0 spiro atoms. The molecule has 0 radical (unpaired) electrons. The number of halogens is 3. The highest BCUT2D eigenvalue weighted by Gasteiger charge is 2.30. The van der Waals surface area contributed by atoms with Crippen LogP contribution in [0.1, 0.15) is 15.9 Å². The predicted octanol–water partition coefficient (Wildman–Crippen LogP) is 3.34. The first kappa shape index (κ1) is 14.3. The molecule has 0 unspecified atom stereocenters. The zero-order chi connectivity index (χ0) is 14.8. The molecule has 0 atom stereocenters. The van der Waals surface area contributed by atoms with E-state index in [1.54, 1.807) is 0 Å². The Balaban J connectivity index is 2.34. The topological polar surface area (TPSA) is 63.1 Å². The number of alkyl halides is 3. The average Bonchev–Trinajstić information content (AvgIpc) is 2.38. The molecule has 8 heteroatoms. The summed E-state index contributed by atoms with van der Waals surface area (Å²) in [5.41, 5.74) is -0.931. The summed E-state index contributed by atoms with van der Waals surface area (Å²) in [7, 11) is 0. The van der Waals surface area contributed by atoms with Crippen LogP contribution >= 0.6 is 11.8 Å². The van der Waals surface area contributed by atoms with Crippen molar-refractivity contribution >= 4 is 17.7 Å². The number of carboxylic acid groups (broad SMARTS) is 1. The monoisotopic (exact) mass is 300 g/mol. The van der Waals surface area contributed by atoms with Gasteiger partial charge in [-0.1, -0.05) is 0 Å². The minimum Gasteiger partial charge on any atom is -0.478 e. The molecule has 0 aliphatic carbocycles. The van der Waals surface area contributed by atoms with Gasteiger partial charge in [-0.2, -0.15) is 13.2 Å². The highest BCUT2D eigenvalue weighted by Crippen LogP contribution is 2.33. The molecule has 2 heterocycles. The van der Waals surface area contributed by atoms with Gasteiger partial charge in [-0.3, -0.25) is 0 Å². The van der Waals surface area contributed by atoms with Crippen molar-refractivity contribution in [3.63, 3.8) is 0 Å². The quantitative estimate of drug-likeness (QED) is 0.942. The second-order valence-corrected chi connectivity index (χ2v) is 4.65. The van der Waals surface area contributed by atoms with E-state index in [0.29, 0.717) is 0 Å². The van der Waals surface area contributed by atoms with Crippen LogP contribution in [0.5, 0.6) is 0 Å². The van der Waals surface area contributed by atoms with Crippen LogP contribution in [-0.2, 0) is 6.18 Å². The van der Waals surface area contributed by atoms with E-state index in [1.165, 1.54) is 18.3 Å². The molecule has 2 aromatic heterocycles. The molecular formula is C12H7F3N2O2S. The molecule has 0 fully saturated rings. The Bertz CT molecular complexity index is 647. The molecule has 0 aliphatic heterocycles. The van der Waals surface area contributed by atoms with Gasteiger partial charge >= 0.3 is 12.1 Å². The summed E-state index contributed by atoms with van der Waals surface area (Å²) in [4.78, 5) is 18.6. The molecule has 0 amide bonds. The molecule has 104 valence electrons. The molecule has 1 N–H and O–H groups in total. The number of nitrogens with zero attached hydrogens (tertiary/aromatic N) is 2. The number of hydrogen-bond donors (Lipinski definition) is 1. The van der Waals surface area contributed by atoms with Gasteiger partial charge in [-0.25, -0.2) is 14.8 Å². The van der Waals surface area contributed by atoms with Gasteiger partial charge in [0.2, 0.25) is 0 Å². The first-order valence-electron chi connectivity index (χ1n) is 5.27. The van der Waals surface area contributed by atoms with Gasteiger partial charge in [0, 0.05) is 12.4 Å². The van der Waals surface area contributed by atoms with E-state index >= 15 is 0 Å². The van der Waals surface area contributed by atoms with E-state index in [0.717, 1.165) is 30.1 Å². The van der Waals surface area contributed by atoms with Crippen LogP contribution in [0.25, 0.3) is 0 Å². The van der Waals surface area contributed by atoms with E-state index in [1.807, 2.05) is 0 Å². The van der Waals surface area contributed by atoms with Crippen molar-refractivity contribution < 1.29 is 23.1 Å². The van der Waals surface area contributed by atoms with E-state index < -0.39 is 17.7 Å². The fourth-order valence-corrected chi connectivity index (χ4v) is 2.25. The molecule has 2 rings (SSSR count). The zero-order valence-corrected chi connectivity index (χ0v) is 10.6. The van der Waals surface area contributed by atoms with Crippen molar-refractivity contribution in [1.82, 2.24) is 9.97 Å². The Morgan fingerprint density at radius 1 is 1.20 bits per heavy atom. The Morgan fingerprint density at radius 3 is 2.60 bits per heavy atom. The van der Waals surface area contributed by atoms with Gasteiger partial charge in [0.25, 0.3) is 0 Å². The van der Waals surface area contributed by atoms with Crippen molar-refractivity contribution in [2.75, 3.05) is 0 Å². The predicted molar refractivity (Wildman–Crippen MR) is 64.6 cm³/mol. The molecule has 4 nitrogen and oxygen atoms in total. The zero-order valence-electron chi connectivity index (χ0n) is 9.76. The number of rotatable bonds is 3. The third-order valence-electron chi connectivity index (χ3n) is 2.26. The van der Waals surface area contributed by atoms with Crippen molar-refractivity contribution in [3.05, 3.63) is 47.8 Å². The minimum absolute atomic E-state index is 0.0287. The van der Waals surface area contributed by atoms with Crippen molar-refractivity contribution in [2.45, 2.75) is 16.2 Å². The number of aromatic nitrogens is 2. The second kappa shape index (κ2) is 5.49. The summed E-state index contributed by atoms with van der Waals surface area (Å²) in [5.74, 6) is -1.20. The van der Waals surface area contributed by atoms with E-state index in [9.17, 15) is 18.0 Å². The lowest BCUT2D eigenvalue weighted by Gasteiger charge is -2.08. The third kappa shape index (κ3) is 3.27. The van der Waals surface area contributed by atoms with Crippen LogP contribution < -0.4 is 0 Å². The van der Waals surface area contributed by atoms with Gasteiger partial charge in [0.1, 0.15) is 10.1 Å². The smallest absolute Gasteiger partial charge is 0.416 e. The molecule has 20 heavy (non-hydrogen) atoms. The fraction of sp³-hybridized carbons (Fsp3) is 0.0833. The summed E-state index contributed by atoms with van der Waals surface area (Å²) in [6.45, 7) is 0. The largest absolute Gasteiger partial charge is 0.478 e. The Labute approximate surface area is 115 Å². The Morgan fingerprint density at radius 2 is 1.95 bits per heavy atom. The number of aromatic carboxylic acids is 1. The van der Waals surface area contributed by atoms with E-state index in [4.69, 9.17) is 5.11 Å². The van der Waals surface area contributed by atoms with Crippen molar-refractivity contribution in [1.29, 1.82) is 0 Å². The van der Waals surface area contributed by atoms with Gasteiger partial charge < -0.3 is 5.11 Å². The van der Waals surface area contributed by atoms with Crippen molar-refractivity contribution in [2.24, 2.45) is 0 Å². The molecule has 0 aliphatic rings. The summed E-state index contributed by atoms with van der Waals surface area (Å²) in [6.07, 6.45) is -2.09. The summed E-state index contributed by atoms with van der Waals surface area (Å²) < 4.78 is 37.7. The van der Waals surface area contributed by atoms with Crippen LogP contribution in [-0.4, -0.2) is 21.0 Å². The summed E-state index contributed by atoms with van der Waals surface area (Å²) >= 11 is 0.770. The number of hydrogen-bond acceptors (Lipinski definition) is 4. The molecular weight excluding hydrogens is 293 g/mol. The summed E-state index contributed by atoms with van der Waals surface area (Å²) in [5, 5.41) is 9.09. The first-order valence-corrected chi connectivity index (χ1v) is 6.09. The number of pyridine rings is 2. The van der Waals surface area contributed by atoms with Gasteiger partial charge in [-0.05, 0) is 36.0 Å². The first-order chi connectivity index (χ1) is 9.38. The maximum absolute atomic E-state index is 12.6. The van der Waals surface area contributed by atoms with Gasteiger partial charge in [0.15, 0.2) is 0 Å².